The molecule has 1 aromatic heterocycles. The van der Waals surface area contributed by atoms with Crippen molar-refractivity contribution in [3.63, 3.8) is 0 Å². The molecule has 9 nitrogen and oxygen atoms in total. The van der Waals surface area contributed by atoms with E-state index < -0.39 is 5.60 Å². The molecule has 9 heteroatoms. The first-order valence-electron chi connectivity index (χ1n) is 10.7. The molecule has 1 amide bonds. The Bertz CT molecular complexity index is 700. The van der Waals surface area contributed by atoms with Gasteiger partial charge in [-0.15, -0.1) is 0 Å². The molecule has 1 fully saturated rings. The number of amides is 1. The van der Waals surface area contributed by atoms with E-state index in [1.54, 1.807) is 7.05 Å². The van der Waals surface area contributed by atoms with E-state index in [0.717, 1.165) is 38.2 Å². The van der Waals surface area contributed by atoms with Crippen molar-refractivity contribution in [3.8, 4) is 0 Å². The van der Waals surface area contributed by atoms with Gasteiger partial charge in [-0.25, -0.2) is 4.79 Å². The van der Waals surface area contributed by atoms with Crippen LogP contribution in [0, 0.1) is 0 Å². The van der Waals surface area contributed by atoms with Crippen LogP contribution in [0.15, 0.2) is 17.4 Å². The van der Waals surface area contributed by atoms with Gasteiger partial charge in [-0.1, -0.05) is 0 Å². The quantitative estimate of drug-likeness (QED) is 0.480. The molecule has 1 atom stereocenters. The Balaban J connectivity index is 1.78. The SMILES string of the molecule is CN=C(NCC(c1cnn(C)c1)N(C)C)NC1CCC(NC(=O)OC(C)(C)C)CC1. The molecule has 3 N–H and O–H groups in total. The minimum atomic E-state index is -0.471. The number of ether oxygens (including phenoxy) is 1. The van der Waals surface area contributed by atoms with Crippen LogP contribution in [-0.2, 0) is 11.8 Å². The summed E-state index contributed by atoms with van der Waals surface area (Å²) in [6.07, 6.45) is 7.40. The average molecular weight is 422 g/mol. The van der Waals surface area contributed by atoms with E-state index in [1.807, 2.05) is 44.9 Å². The Morgan fingerprint density at radius 2 is 1.87 bits per heavy atom. The Kier molecular flexibility index (Phi) is 8.52. The maximum absolute atomic E-state index is 12.0. The zero-order valence-corrected chi connectivity index (χ0v) is 19.5. The number of nitrogens with one attached hydrogen (secondary N) is 3. The van der Waals surface area contributed by atoms with Crippen molar-refractivity contribution in [2.24, 2.45) is 12.0 Å². The molecule has 0 radical (unpaired) electrons. The molecule has 0 aromatic carbocycles. The fourth-order valence-corrected chi connectivity index (χ4v) is 3.65. The number of aliphatic imine (C=N–C) groups is 1. The molecule has 1 heterocycles. The number of aromatic nitrogens is 2. The van der Waals surface area contributed by atoms with Crippen LogP contribution in [0.3, 0.4) is 0 Å². The molecule has 1 aliphatic rings. The molecule has 170 valence electrons. The van der Waals surface area contributed by atoms with E-state index in [9.17, 15) is 4.79 Å². The average Bonchev–Trinajstić information content (AvgIpc) is 3.06. The number of carbonyl (C=O) groups is 1. The van der Waals surface area contributed by atoms with Gasteiger partial charge in [0.25, 0.3) is 0 Å². The fourth-order valence-electron chi connectivity index (χ4n) is 3.65. The summed E-state index contributed by atoms with van der Waals surface area (Å²) >= 11 is 0. The lowest BCUT2D eigenvalue weighted by atomic mass is 9.91. The number of carbonyl (C=O) groups excluding carboxylic acids is 1. The van der Waals surface area contributed by atoms with Gasteiger partial charge in [0.1, 0.15) is 5.60 Å². The molecule has 1 aliphatic carbocycles. The number of alkyl carbamates (subject to hydrolysis) is 1. The highest BCUT2D eigenvalue weighted by Gasteiger charge is 2.25. The molecule has 30 heavy (non-hydrogen) atoms. The van der Waals surface area contributed by atoms with Gasteiger partial charge in [-0.2, -0.15) is 5.10 Å². The summed E-state index contributed by atoms with van der Waals surface area (Å²) < 4.78 is 7.18. The van der Waals surface area contributed by atoms with Crippen molar-refractivity contribution >= 4 is 12.1 Å². The van der Waals surface area contributed by atoms with Crippen molar-refractivity contribution in [1.29, 1.82) is 0 Å². The van der Waals surface area contributed by atoms with Crippen LogP contribution in [0.5, 0.6) is 0 Å². The molecule has 1 aromatic rings. The lowest BCUT2D eigenvalue weighted by Crippen LogP contribution is -2.49. The fraction of sp³-hybridized carbons (Fsp3) is 0.762. The van der Waals surface area contributed by atoms with Crippen LogP contribution in [-0.4, -0.2) is 72.1 Å². The van der Waals surface area contributed by atoms with Crippen molar-refractivity contribution < 1.29 is 9.53 Å². The number of nitrogens with zero attached hydrogens (tertiary/aromatic N) is 4. The third-order valence-corrected chi connectivity index (χ3v) is 5.21. The maximum Gasteiger partial charge on any atom is 0.407 e. The summed E-state index contributed by atoms with van der Waals surface area (Å²) in [6, 6.07) is 0.701. The number of rotatable bonds is 6. The van der Waals surface area contributed by atoms with Gasteiger partial charge in [0.05, 0.1) is 12.2 Å². The maximum atomic E-state index is 12.0. The van der Waals surface area contributed by atoms with Crippen molar-refractivity contribution in [2.75, 3.05) is 27.7 Å². The number of guanidine groups is 1. The van der Waals surface area contributed by atoms with Crippen LogP contribution >= 0.6 is 0 Å². The summed E-state index contributed by atoms with van der Waals surface area (Å²) in [4.78, 5) is 18.5. The predicted molar refractivity (Wildman–Crippen MR) is 120 cm³/mol. The molecular formula is C21H39N7O2. The number of likely N-dealkylation sites (N-methyl/N-ethyl adjacent to an activating group) is 1. The zero-order chi connectivity index (χ0) is 22.3. The predicted octanol–water partition coefficient (Wildman–Crippen LogP) is 2.02. The van der Waals surface area contributed by atoms with Crippen molar-refractivity contribution in [3.05, 3.63) is 18.0 Å². The molecule has 1 saturated carbocycles. The van der Waals surface area contributed by atoms with Crippen LogP contribution in [0.25, 0.3) is 0 Å². The van der Waals surface area contributed by atoms with E-state index in [4.69, 9.17) is 4.74 Å². The summed E-state index contributed by atoms with van der Waals surface area (Å²) in [6.45, 7) is 6.36. The van der Waals surface area contributed by atoms with E-state index in [1.165, 1.54) is 5.56 Å². The standard InChI is InChI=1S/C21H39N7O2/c1-21(2,3)30-20(29)26-17-10-8-16(9-11-17)25-19(22-4)23-13-18(27(5)6)15-12-24-28(7)14-15/h12,14,16-18H,8-11,13H2,1-7H3,(H,26,29)(H2,22,23,25). The summed E-state index contributed by atoms with van der Waals surface area (Å²) in [5.41, 5.74) is 0.695. The number of aryl methyl sites for hydroxylation is 1. The third-order valence-electron chi connectivity index (χ3n) is 5.21. The van der Waals surface area contributed by atoms with E-state index in [2.05, 4.69) is 45.0 Å². The second-order valence-electron chi connectivity index (χ2n) is 9.22. The molecule has 1 unspecified atom stereocenters. The van der Waals surface area contributed by atoms with E-state index in [0.29, 0.717) is 6.04 Å². The van der Waals surface area contributed by atoms with Gasteiger partial charge in [0, 0.05) is 44.5 Å². The van der Waals surface area contributed by atoms with Crippen LogP contribution in [0.2, 0.25) is 0 Å². The van der Waals surface area contributed by atoms with Crippen LogP contribution < -0.4 is 16.0 Å². The second kappa shape index (κ2) is 10.7. The smallest absolute Gasteiger partial charge is 0.407 e. The lowest BCUT2D eigenvalue weighted by molar-refractivity contribution is 0.0490. The molecule has 0 aliphatic heterocycles. The molecular weight excluding hydrogens is 382 g/mol. The first-order chi connectivity index (χ1) is 14.1. The number of hydrogen-bond donors (Lipinski definition) is 3. The van der Waals surface area contributed by atoms with Crippen molar-refractivity contribution in [2.45, 2.75) is 70.2 Å². The third kappa shape index (κ3) is 7.85. The summed E-state index contributed by atoms with van der Waals surface area (Å²) in [5.74, 6) is 0.800. The molecule has 0 saturated heterocycles. The monoisotopic (exact) mass is 421 g/mol. The minimum absolute atomic E-state index is 0.163. The molecule has 0 bridgehead atoms. The second-order valence-corrected chi connectivity index (χ2v) is 9.22. The van der Waals surface area contributed by atoms with Gasteiger partial charge in [-0.3, -0.25) is 9.67 Å². The van der Waals surface area contributed by atoms with Gasteiger partial charge < -0.3 is 25.6 Å². The molecule has 0 spiro atoms. The zero-order valence-electron chi connectivity index (χ0n) is 19.5. The Morgan fingerprint density at radius 1 is 1.27 bits per heavy atom. The minimum Gasteiger partial charge on any atom is -0.444 e. The first kappa shape index (κ1) is 24.0. The van der Waals surface area contributed by atoms with Crippen LogP contribution in [0.4, 0.5) is 4.79 Å². The summed E-state index contributed by atoms with van der Waals surface area (Å²) in [5, 5.41) is 14.2. The Morgan fingerprint density at radius 3 is 2.33 bits per heavy atom. The Labute approximate surface area is 180 Å². The largest absolute Gasteiger partial charge is 0.444 e. The molecule has 2 rings (SSSR count). The first-order valence-corrected chi connectivity index (χ1v) is 10.7. The van der Waals surface area contributed by atoms with Crippen LogP contribution in [0.1, 0.15) is 58.1 Å². The van der Waals surface area contributed by atoms with Gasteiger partial charge in [0.2, 0.25) is 0 Å². The van der Waals surface area contributed by atoms with E-state index in [-0.39, 0.29) is 18.2 Å². The summed E-state index contributed by atoms with van der Waals surface area (Å²) in [7, 11) is 7.85. The normalized spacial score (nSPS) is 21.3. The van der Waals surface area contributed by atoms with Crippen molar-refractivity contribution in [1.82, 2.24) is 30.6 Å². The van der Waals surface area contributed by atoms with Gasteiger partial charge in [0.15, 0.2) is 5.96 Å². The van der Waals surface area contributed by atoms with Gasteiger partial charge in [-0.05, 0) is 60.5 Å². The Hall–Kier alpha value is -2.29. The highest BCUT2D eigenvalue weighted by molar-refractivity contribution is 5.80. The number of hydrogen-bond acceptors (Lipinski definition) is 5. The topological polar surface area (TPSA) is 95.8 Å². The highest BCUT2D eigenvalue weighted by atomic mass is 16.6. The highest BCUT2D eigenvalue weighted by Crippen LogP contribution is 2.20. The van der Waals surface area contributed by atoms with E-state index >= 15 is 0 Å². The van der Waals surface area contributed by atoms with Gasteiger partial charge >= 0.3 is 6.09 Å². The lowest BCUT2D eigenvalue weighted by Gasteiger charge is -2.32.